The molecule has 0 spiro atoms. The van der Waals surface area contributed by atoms with Crippen LogP contribution < -0.4 is 10.9 Å². The molecule has 0 bridgehead atoms. The number of aromatic nitrogens is 3. The Kier molecular flexibility index (Phi) is 4.51. The third-order valence-electron chi connectivity index (χ3n) is 5.40. The van der Waals surface area contributed by atoms with Gasteiger partial charge >= 0.3 is 0 Å². The quantitative estimate of drug-likeness (QED) is 0.553. The van der Waals surface area contributed by atoms with E-state index >= 15 is 0 Å². The van der Waals surface area contributed by atoms with Gasteiger partial charge in [0.2, 0.25) is 5.56 Å². The maximum atomic E-state index is 11.8. The molecule has 28 heavy (non-hydrogen) atoms. The second-order valence-electron chi connectivity index (χ2n) is 7.28. The normalized spacial score (nSPS) is 11.1. The number of hydrogen-bond donors (Lipinski definition) is 2. The largest absolute Gasteiger partial charge is 0.378 e. The van der Waals surface area contributed by atoms with Gasteiger partial charge in [0.25, 0.3) is 0 Å². The molecular formula is C23H24N4O. The van der Waals surface area contributed by atoms with Crippen LogP contribution in [0.15, 0.2) is 53.6 Å². The zero-order valence-electron chi connectivity index (χ0n) is 16.6. The summed E-state index contributed by atoms with van der Waals surface area (Å²) < 4.78 is 2.10. The SMILES string of the molecule is Cc1cccc(C)c1CNc1cc(-c2cc[nH]c(=O)c2)cn2c(C)c(C)nc12. The molecule has 4 aromatic rings. The van der Waals surface area contributed by atoms with Gasteiger partial charge in [0.05, 0.1) is 11.4 Å². The third-order valence-corrected chi connectivity index (χ3v) is 5.40. The Labute approximate surface area is 164 Å². The maximum absolute atomic E-state index is 11.8. The number of aromatic amines is 1. The first-order valence-corrected chi connectivity index (χ1v) is 9.41. The first kappa shape index (κ1) is 18.0. The minimum absolute atomic E-state index is 0.110. The van der Waals surface area contributed by atoms with Crippen LogP contribution in [0.3, 0.4) is 0 Å². The Balaban J connectivity index is 1.82. The summed E-state index contributed by atoms with van der Waals surface area (Å²) in [6.45, 7) is 9.07. The van der Waals surface area contributed by atoms with Crippen molar-refractivity contribution in [1.29, 1.82) is 0 Å². The van der Waals surface area contributed by atoms with Crippen LogP contribution in [-0.2, 0) is 6.54 Å². The molecule has 0 aliphatic heterocycles. The van der Waals surface area contributed by atoms with Gasteiger partial charge < -0.3 is 14.7 Å². The van der Waals surface area contributed by atoms with E-state index in [1.54, 1.807) is 12.3 Å². The van der Waals surface area contributed by atoms with Gasteiger partial charge in [-0.15, -0.1) is 0 Å². The molecule has 0 amide bonds. The zero-order chi connectivity index (χ0) is 19.8. The van der Waals surface area contributed by atoms with Gasteiger partial charge in [-0.3, -0.25) is 4.79 Å². The number of benzene rings is 1. The van der Waals surface area contributed by atoms with Gasteiger partial charge in [-0.1, -0.05) is 18.2 Å². The van der Waals surface area contributed by atoms with E-state index in [4.69, 9.17) is 4.98 Å². The molecule has 5 heteroatoms. The number of fused-ring (bicyclic) bond motifs is 1. The van der Waals surface area contributed by atoms with Crippen LogP contribution in [-0.4, -0.2) is 14.4 Å². The van der Waals surface area contributed by atoms with Crippen molar-refractivity contribution in [3.8, 4) is 11.1 Å². The standard InChI is InChI=1S/C23H24N4O/c1-14-6-5-7-15(2)20(14)12-25-21-10-19(18-8-9-24-22(28)11-18)13-27-17(4)16(3)26-23(21)27/h5-11,13,25H,12H2,1-4H3,(H,24,28). The topological polar surface area (TPSA) is 62.2 Å². The van der Waals surface area contributed by atoms with Gasteiger partial charge in [-0.2, -0.15) is 0 Å². The summed E-state index contributed by atoms with van der Waals surface area (Å²) in [7, 11) is 0. The zero-order valence-corrected chi connectivity index (χ0v) is 16.6. The van der Waals surface area contributed by atoms with Gasteiger partial charge in [-0.25, -0.2) is 4.98 Å². The summed E-state index contributed by atoms with van der Waals surface area (Å²) in [6, 6.07) is 12.0. The predicted octanol–water partition coefficient (Wildman–Crippen LogP) is 4.54. The lowest BCUT2D eigenvalue weighted by Crippen LogP contribution is -2.06. The highest BCUT2D eigenvalue weighted by atomic mass is 16.1. The summed E-state index contributed by atoms with van der Waals surface area (Å²) >= 11 is 0. The average Bonchev–Trinajstić information content (AvgIpc) is 2.96. The highest BCUT2D eigenvalue weighted by molar-refractivity contribution is 5.77. The fraction of sp³-hybridized carbons (Fsp3) is 0.217. The molecule has 0 unspecified atom stereocenters. The van der Waals surface area contributed by atoms with Crippen molar-refractivity contribution in [2.45, 2.75) is 34.2 Å². The lowest BCUT2D eigenvalue weighted by molar-refractivity contribution is 1.07. The van der Waals surface area contributed by atoms with E-state index in [1.165, 1.54) is 16.7 Å². The summed E-state index contributed by atoms with van der Waals surface area (Å²) in [6.07, 6.45) is 3.72. The van der Waals surface area contributed by atoms with Crippen LogP contribution in [0.25, 0.3) is 16.8 Å². The average molecular weight is 372 g/mol. The molecule has 1 aromatic carbocycles. The molecule has 0 atom stereocenters. The number of nitrogens with one attached hydrogen (secondary N) is 2. The summed E-state index contributed by atoms with van der Waals surface area (Å²) in [5.41, 5.74) is 9.52. The van der Waals surface area contributed by atoms with Gasteiger partial charge in [-0.05, 0) is 62.1 Å². The molecule has 0 aliphatic rings. The van der Waals surface area contributed by atoms with Crippen molar-refractivity contribution in [1.82, 2.24) is 14.4 Å². The van der Waals surface area contributed by atoms with Crippen LogP contribution in [0.5, 0.6) is 0 Å². The van der Waals surface area contributed by atoms with Crippen LogP contribution in [0.1, 0.15) is 28.1 Å². The Hall–Kier alpha value is -3.34. The molecule has 0 aliphatic carbocycles. The van der Waals surface area contributed by atoms with E-state index in [0.29, 0.717) is 0 Å². The Bertz CT molecular complexity index is 1210. The fourth-order valence-corrected chi connectivity index (χ4v) is 3.59. The fourth-order valence-electron chi connectivity index (χ4n) is 3.59. The molecular weight excluding hydrogens is 348 g/mol. The number of hydrogen-bond acceptors (Lipinski definition) is 3. The van der Waals surface area contributed by atoms with Crippen LogP contribution in [0, 0.1) is 27.7 Å². The van der Waals surface area contributed by atoms with Crippen molar-refractivity contribution in [2.75, 3.05) is 5.32 Å². The molecule has 0 saturated heterocycles. The van der Waals surface area contributed by atoms with E-state index in [2.05, 4.69) is 59.7 Å². The van der Waals surface area contributed by atoms with Crippen molar-refractivity contribution in [2.24, 2.45) is 0 Å². The van der Waals surface area contributed by atoms with E-state index in [-0.39, 0.29) is 5.56 Å². The van der Waals surface area contributed by atoms with E-state index in [1.807, 2.05) is 19.2 Å². The molecule has 3 aromatic heterocycles. The van der Waals surface area contributed by atoms with E-state index in [9.17, 15) is 4.79 Å². The number of aryl methyl sites for hydroxylation is 4. The molecule has 0 fully saturated rings. The number of H-pyrrole nitrogens is 1. The molecule has 5 nitrogen and oxygen atoms in total. The molecule has 0 radical (unpaired) electrons. The number of imidazole rings is 1. The Morgan fingerprint density at radius 3 is 2.50 bits per heavy atom. The lowest BCUT2D eigenvalue weighted by atomic mass is 10.0. The van der Waals surface area contributed by atoms with Crippen molar-refractivity contribution < 1.29 is 0 Å². The van der Waals surface area contributed by atoms with Gasteiger partial charge in [0.1, 0.15) is 0 Å². The second-order valence-corrected chi connectivity index (χ2v) is 7.28. The minimum Gasteiger partial charge on any atom is -0.378 e. The number of pyridine rings is 2. The van der Waals surface area contributed by atoms with Crippen LogP contribution in [0.4, 0.5) is 5.69 Å². The minimum atomic E-state index is -0.110. The molecule has 0 saturated carbocycles. The summed E-state index contributed by atoms with van der Waals surface area (Å²) in [5.74, 6) is 0. The first-order valence-electron chi connectivity index (χ1n) is 9.41. The number of rotatable bonds is 4. The van der Waals surface area contributed by atoms with Crippen LogP contribution in [0.2, 0.25) is 0 Å². The molecule has 3 heterocycles. The molecule has 2 N–H and O–H groups in total. The summed E-state index contributed by atoms with van der Waals surface area (Å²) in [5, 5.41) is 3.58. The van der Waals surface area contributed by atoms with E-state index < -0.39 is 0 Å². The maximum Gasteiger partial charge on any atom is 0.248 e. The predicted molar refractivity (Wildman–Crippen MR) is 114 cm³/mol. The van der Waals surface area contributed by atoms with Crippen molar-refractivity contribution >= 4 is 11.3 Å². The highest BCUT2D eigenvalue weighted by Crippen LogP contribution is 2.28. The highest BCUT2D eigenvalue weighted by Gasteiger charge is 2.13. The smallest absolute Gasteiger partial charge is 0.248 e. The van der Waals surface area contributed by atoms with E-state index in [0.717, 1.165) is 40.4 Å². The molecule has 142 valence electrons. The number of anilines is 1. The number of nitrogens with zero attached hydrogens (tertiary/aromatic N) is 2. The van der Waals surface area contributed by atoms with Crippen LogP contribution >= 0.6 is 0 Å². The summed E-state index contributed by atoms with van der Waals surface area (Å²) in [4.78, 5) is 19.2. The Morgan fingerprint density at radius 1 is 1.04 bits per heavy atom. The lowest BCUT2D eigenvalue weighted by Gasteiger charge is -2.14. The monoisotopic (exact) mass is 372 g/mol. The first-order chi connectivity index (χ1) is 13.4. The molecule has 4 rings (SSSR count). The Morgan fingerprint density at radius 2 is 1.79 bits per heavy atom. The van der Waals surface area contributed by atoms with Gasteiger partial charge in [0.15, 0.2) is 5.65 Å². The van der Waals surface area contributed by atoms with Crippen molar-refractivity contribution in [3.05, 3.63) is 87.2 Å². The van der Waals surface area contributed by atoms with Gasteiger partial charge in [0, 0.05) is 36.3 Å². The van der Waals surface area contributed by atoms with Crippen molar-refractivity contribution in [3.63, 3.8) is 0 Å². The third kappa shape index (κ3) is 3.20. The second kappa shape index (κ2) is 7.00.